The third kappa shape index (κ3) is 2.26. The monoisotopic (exact) mass is 346 g/mol. The van der Waals surface area contributed by atoms with E-state index in [1.54, 1.807) is 13.0 Å². The van der Waals surface area contributed by atoms with E-state index < -0.39 is 12.2 Å². The molecule has 8 unspecified atom stereocenters. The van der Waals surface area contributed by atoms with Gasteiger partial charge in [0.15, 0.2) is 5.78 Å². The summed E-state index contributed by atoms with van der Waals surface area (Å²) in [4.78, 5) is 24.1. The van der Waals surface area contributed by atoms with Crippen LogP contribution in [0.3, 0.4) is 0 Å². The van der Waals surface area contributed by atoms with Crippen molar-refractivity contribution in [1.82, 2.24) is 0 Å². The van der Waals surface area contributed by atoms with Crippen LogP contribution in [0.25, 0.3) is 0 Å². The summed E-state index contributed by atoms with van der Waals surface area (Å²) in [6, 6.07) is 0. The number of ketones is 2. The van der Waals surface area contributed by atoms with Crippen LogP contribution in [0.5, 0.6) is 0 Å². The van der Waals surface area contributed by atoms with E-state index in [2.05, 4.69) is 13.8 Å². The Balaban J connectivity index is 1.74. The van der Waals surface area contributed by atoms with Gasteiger partial charge in [0, 0.05) is 12.3 Å². The van der Waals surface area contributed by atoms with E-state index in [1.807, 2.05) is 0 Å². The van der Waals surface area contributed by atoms with Crippen molar-refractivity contribution in [2.24, 2.45) is 34.5 Å². The SMILES string of the molecule is CC(=O)C1CC(O)C2C3CC(O)C4=CC(=O)CCC4(C)C3CCC12C. The molecule has 3 fully saturated rings. The molecular formula is C21H30O4. The molecule has 0 radical (unpaired) electrons. The molecule has 138 valence electrons. The van der Waals surface area contributed by atoms with Crippen LogP contribution in [0.4, 0.5) is 0 Å². The van der Waals surface area contributed by atoms with Gasteiger partial charge in [0.05, 0.1) is 12.2 Å². The number of hydrogen-bond acceptors (Lipinski definition) is 4. The molecule has 4 nitrogen and oxygen atoms in total. The van der Waals surface area contributed by atoms with Gasteiger partial charge in [0.25, 0.3) is 0 Å². The van der Waals surface area contributed by atoms with Gasteiger partial charge in [-0.15, -0.1) is 0 Å². The summed E-state index contributed by atoms with van der Waals surface area (Å²) in [5.41, 5.74) is 0.615. The van der Waals surface area contributed by atoms with E-state index in [-0.39, 0.29) is 40.2 Å². The summed E-state index contributed by atoms with van der Waals surface area (Å²) in [6.07, 6.45) is 5.13. The Morgan fingerprint density at radius 1 is 1.20 bits per heavy atom. The molecule has 25 heavy (non-hydrogen) atoms. The third-order valence-electron chi connectivity index (χ3n) is 8.45. The number of fused-ring (bicyclic) bond motifs is 5. The van der Waals surface area contributed by atoms with Crippen LogP contribution < -0.4 is 0 Å². The van der Waals surface area contributed by atoms with Gasteiger partial charge in [-0.3, -0.25) is 9.59 Å². The van der Waals surface area contributed by atoms with Crippen LogP contribution in [-0.2, 0) is 9.59 Å². The van der Waals surface area contributed by atoms with E-state index >= 15 is 0 Å². The van der Waals surface area contributed by atoms with Gasteiger partial charge in [-0.05, 0) is 79.3 Å². The number of carbonyl (C=O) groups excluding carboxylic acids is 2. The largest absolute Gasteiger partial charge is 0.393 e. The minimum Gasteiger partial charge on any atom is -0.393 e. The third-order valence-corrected chi connectivity index (χ3v) is 8.45. The number of aliphatic hydroxyl groups excluding tert-OH is 2. The fourth-order valence-corrected chi connectivity index (χ4v) is 7.31. The molecule has 0 aromatic heterocycles. The minimum absolute atomic E-state index is 0.0664. The predicted molar refractivity (Wildman–Crippen MR) is 93.7 cm³/mol. The van der Waals surface area contributed by atoms with Crippen LogP contribution in [-0.4, -0.2) is 34.0 Å². The van der Waals surface area contributed by atoms with E-state index in [0.29, 0.717) is 25.2 Å². The number of aliphatic hydroxyl groups is 2. The lowest BCUT2D eigenvalue weighted by Gasteiger charge is -2.59. The molecule has 0 saturated heterocycles. The molecule has 3 saturated carbocycles. The summed E-state index contributed by atoms with van der Waals surface area (Å²) in [7, 11) is 0. The maximum atomic E-state index is 12.2. The molecule has 0 aromatic carbocycles. The van der Waals surface area contributed by atoms with E-state index in [9.17, 15) is 19.8 Å². The highest BCUT2D eigenvalue weighted by atomic mass is 16.3. The van der Waals surface area contributed by atoms with Gasteiger partial charge in [0.2, 0.25) is 0 Å². The first-order chi connectivity index (χ1) is 11.7. The number of Topliss-reactive ketones (excluding diaryl/α,β-unsaturated/α-hetero) is 1. The minimum atomic E-state index is -0.596. The summed E-state index contributed by atoms with van der Waals surface area (Å²) in [5.74, 6) is 0.934. The number of hydrogen-bond donors (Lipinski definition) is 2. The Labute approximate surface area is 149 Å². The van der Waals surface area contributed by atoms with Crippen LogP contribution in [0, 0.1) is 34.5 Å². The molecule has 0 amide bonds. The van der Waals surface area contributed by atoms with E-state index in [4.69, 9.17) is 0 Å². The number of carbonyl (C=O) groups is 2. The quantitative estimate of drug-likeness (QED) is 0.765. The van der Waals surface area contributed by atoms with Gasteiger partial charge in [0.1, 0.15) is 5.78 Å². The first-order valence-electron chi connectivity index (χ1n) is 9.80. The number of rotatable bonds is 1. The smallest absolute Gasteiger partial charge is 0.155 e. The first kappa shape index (κ1) is 17.4. The Bertz CT molecular complexity index is 652. The lowest BCUT2D eigenvalue weighted by molar-refractivity contribution is -0.132. The second kappa shape index (κ2) is 5.50. The molecule has 8 atom stereocenters. The molecule has 4 aliphatic rings. The van der Waals surface area contributed by atoms with Crippen LogP contribution >= 0.6 is 0 Å². The topological polar surface area (TPSA) is 74.6 Å². The summed E-state index contributed by atoms with van der Waals surface area (Å²) in [5, 5.41) is 21.7. The summed E-state index contributed by atoms with van der Waals surface area (Å²) < 4.78 is 0. The zero-order chi connectivity index (χ0) is 18.1. The molecule has 0 spiro atoms. The van der Waals surface area contributed by atoms with E-state index in [0.717, 1.165) is 24.8 Å². The molecular weight excluding hydrogens is 316 g/mol. The first-order valence-corrected chi connectivity index (χ1v) is 9.80. The van der Waals surface area contributed by atoms with Gasteiger partial charge in [-0.1, -0.05) is 13.8 Å². The lowest BCUT2D eigenvalue weighted by atomic mass is 9.46. The van der Waals surface area contributed by atoms with Crippen molar-refractivity contribution >= 4 is 11.6 Å². The van der Waals surface area contributed by atoms with Gasteiger partial charge in [-0.25, -0.2) is 0 Å². The fraction of sp³-hybridized carbons (Fsp3) is 0.810. The fourth-order valence-electron chi connectivity index (χ4n) is 7.31. The van der Waals surface area contributed by atoms with Crippen molar-refractivity contribution in [3.63, 3.8) is 0 Å². The van der Waals surface area contributed by atoms with Crippen LogP contribution in [0.15, 0.2) is 11.6 Å². The highest BCUT2D eigenvalue weighted by Gasteiger charge is 2.63. The van der Waals surface area contributed by atoms with Gasteiger partial charge < -0.3 is 10.2 Å². The molecule has 4 rings (SSSR count). The summed E-state index contributed by atoms with van der Waals surface area (Å²) in [6.45, 7) is 6.04. The van der Waals surface area contributed by atoms with Crippen molar-refractivity contribution in [3.05, 3.63) is 11.6 Å². The Morgan fingerprint density at radius 2 is 1.92 bits per heavy atom. The lowest BCUT2D eigenvalue weighted by Crippen LogP contribution is -2.55. The normalized spacial score (nSPS) is 52.0. The molecule has 2 N–H and O–H groups in total. The van der Waals surface area contributed by atoms with Crippen molar-refractivity contribution in [2.75, 3.05) is 0 Å². The molecule has 0 aromatic rings. The molecule has 4 heteroatoms. The second-order valence-corrected chi connectivity index (χ2v) is 9.54. The van der Waals surface area contributed by atoms with Crippen LogP contribution in [0.2, 0.25) is 0 Å². The van der Waals surface area contributed by atoms with Crippen molar-refractivity contribution in [2.45, 2.75) is 71.5 Å². The van der Waals surface area contributed by atoms with Crippen molar-refractivity contribution < 1.29 is 19.8 Å². The standard InChI is InChI=1S/C21H30O4/c1-11(22)15-10-18(25)19-13-9-17(24)16-8-12(23)4-6-20(16,2)14(13)5-7-21(15,19)3/h8,13-15,17-19,24-25H,4-7,9-10H2,1-3H3. The average Bonchev–Trinajstić information content (AvgIpc) is 2.81. The van der Waals surface area contributed by atoms with Crippen molar-refractivity contribution in [3.8, 4) is 0 Å². The second-order valence-electron chi connectivity index (χ2n) is 9.54. The van der Waals surface area contributed by atoms with Crippen molar-refractivity contribution in [1.29, 1.82) is 0 Å². The highest BCUT2D eigenvalue weighted by Crippen LogP contribution is 2.66. The Morgan fingerprint density at radius 3 is 2.60 bits per heavy atom. The highest BCUT2D eigenvalue weighted by molar-refractivity contribution is 5.91. The molecule has 4 aliphatic carbocycles. The predicted octanol–water partition coefficient (Wildman–Crippen LogP) is 2.67. The van der Waals surface area contributed by atoms with Gasteiger partial charge in [-0.2, -0.15) is 0 Å². The van der Waals surface area contributed by atoms with E-state index in [1.165, 1.54) is 0 Å². The molecule has 0 aliphatic heterocycles. The average molecular weight is 346 g/mol. The maximum absolute atomic E-state index is 12.2. The maximum Gasteiger partial charge on any atom is 0.155 e. The Kier molecular flexibility index (Phi) is 3.83. The Hall–Kier alpha value is -1.00. The molecule has 0 bridgehead atoms. The van der Waals surface area contributed by atoms with Gasteiger partial charge >= 0.3 is 0 Å². The zero-order valence-corrected chi connectivity index (χ0v) is 15.5. The zero-order valence-electron chi connectivity index (χ0n) is 15.5. The summed E-state index contributed by atoms with van der Waals surface area (Å²) >= 11 is 0. The molecule has 0 heterocycles. The van der Waals surface area contributed by atoms with Crippen LogP contribution in [0.1, 0.15) is 59.3 Å².